The minimum Gasteiger partial charge on any atom is -0.484 e. The number of urea groups is 1. The fourth-order valence-corrected chi connectivity index (χ4v) is 4.21. The van der Waals surface area contributed by atoms with Gasteiger partial charge in [-0.2, -0.15) is 5.10 Å². The van der Waals surface area contributed by atoms with Gasteiger partial charge in [0, 0.05) is 24.7 Å². The Kier molecular flexibility index (Phi) is 6.98. The van der Waals surface area contributed by atoms with Crippen LogP contribution in [0.2, 0.25) is 0 Å². The van der Waals surface area contributed by atoms with E-state index in [0.717, 1.165) is 34.5 Å². The van der Waals surface area contributed by atoms with Crippen molar-refractivity contribution in [3.05, 3.63) is 103 Å². The molecule has 37 heavy (non-hydrogen) atoms. The average molecular weight is 494 g/mol. The average Bonchev–Trinajstić information content (AvgIpc) is 3.37. The minimum absolute atomic E-state index is 0.143. The molecule has 3 amide bonds. The number of aromatic nitrogens is 2. The van der Waals surface area contributed by atoms with E-state index in [1.807, 2.05) is 97.1 Å². The Bertz CT molecular complexity index is 1410. The summed E-state index contributed by atoms with van der Waals surface area (Å²) in [5, 5.41) is 7.65. The highest BCUT2D eigenvalue weighted by Gasteiger charge is 2.16. The summed E-state index contributed by atoms with van der Waals surface area (Å²) in [5.41, 5.74) is 10.1. The van der Waals surface area contributed by atoms with E-state index in [9.17, 15) is 9.59 Å². The van der Waals surface area contributed by atoms with Crippen LogP contribution in [0.25, 0.3) is 22.5 Å². The Morgan fingerprint density at radius 2 is 1.62 bits per heavy atom. The lowest BCUT2D eigenvalue weighted by Crippen LogP contribution is -2.38. The maximum atomic E-state index is 12.8. The number of anilines is 1. The molecule has 0 aliphatic carbocycles. The molecule has 0 fully saturated rings. The molecule has 0 saturated carbocycles. The lowest BCUT2D eigenvalue weighted by molar-refractivity contribution is -0.118. The predicted molar refractivity (Wildman–Crippen MR) is 143 cm³/mol. The van der Waals surface area contributed by atoms with Crippen LogP contribution in [-0.4, -0.2) is 46.3 Å². The first-order valence-corrected chi connectivity index (χ1v) is 12.0. The maximum absolute atomic E-state index is 12.8. The number of hydrogen-bond acceptors (Lipinski definition) is 4. The minimum atomic E-state index is -0.402. The van der Waals surface area contributed by atoms with E-state index >= 15 is 0 Å². The van der Waals surface area contributed by atoms with Crippen LogP contribution in [0.4, 0.5) is 10.6 Å². The van der Waals surface area contributed by atoms with Gasteiger partial charge in [-0.1, -0.05) is 66.7 Å². The standard InChI is InChI=1S/C29H27N5O3/c30-29(36)33-17-15-22(16-18-33)21-11-13-25(14-12-21)37-20-28(35)31-27-19-26(23-7-3-1-4-8-23)32-34(27)24-9-5-2-6-10-24/h1-15,19H,16-18,20H2,(H2,30,36)(H,31,35). The number of carbonyl (C=O) groups is 2. The molecule has 2 heterocycles. The van der Waals surface area contributed by atoms with Gasteiger partial charge < -0.3 is 20.7 Å². The number of nitrogens with one attached hydrogen (secondary N) is 1. The molecule has 1 aliphatic rings. The monoisotopic (exact) mass is 493 g/mol. The summed E-state index contributed by atoms with van der Waals surface area (Å²) in [7, 11) is 0. The third kappa shape index (κ3) is 5.70. The van der Waals surface area contributed by atoms with Crippen LogP contribution in [0, 0.1) is 0 Å². The van der Waals surface area contributed by atoms with E-state index in [1.165, 1.54) is 0 Å². The molecule has 8 heteroatoms. The second-order valence-corrected chi connectivity index (χ2v) is 8.65. The Morgan fingerprint density at radius 1 is 0.919 bits per heavy atom. The van der Waals surface area contributed by atoms with Crippen molar-refractivity contribution in [2.75, 3.05) is 25.0 Å². The van der Waals surface area contributed by atoms with E-state index < -0.39 is 6.03 Å². The zero-order valence-electron chi connectivity index (χ0n) is 20.2. The van der Waals surface area contributed by atoms with Crippen LogP contribution in [0.5, 0.6) is 5.75 Å². The molecule has 3 aromatic carbocycles. The Labute approximate surface area is 215 Å². The molecule has 0 unspecified atom stereocenters. The van der Waals surface area contributed by atoms with Crippen molar-refractivity contribution in [3.8, 4) is 22.7 Å². The summed E-state index contributed by atoms with van der Waals surface area (Å²) in [5.74, 6) is 0.862. The van der Waals surface area contributed by atoms with Crippen LogP contribution < -0.4 is 15.8 Å². The van der Waals surface area contributed by atoms with Crippen molar-refractivity contribution < 1.29 is 14.3 Å². The number of nitrogens with zero attached hydrogens (tertiary/aromatic N) is 3. The largest absolute Gasteiger partial charge is 0.484 e. The van der Waals surface area contributed by atoms with E-state index in [-0.39, 0.29) is 12.5 Å². The van der Waals surface area contributed by atoms with Gasteiger partial charge in [-0.25, -0.2) is 9.48 Å². The van der Waals surface area contributed by atoms with Crippen molar-refractivity contribution in [1.29, 1.82) is 0 Å². The van der Waals surface area contributed by atoms with E-state index in [4.69, 9.17) is 15.6 Å². The third-order valence-electron chi connectivity index (χ3n) is 6.16. The van der Waals surface area contributed by atoms with Crippen LogP contribution in [0.15, 0.2) is 97.1 Å². The van der Waals surface area contributed by atoms with Crippen LogP contribution in [0.1, 0.15) is 12.0 Å². The molecule has 0 atom stereocenters. The first-order valence-electron chi connectivity index (χ1n) is 12.0. The highest BCUT2D eigenvalue weighted by atomic mass is 16.5. The van der Waals surface area contributed by atoms with Crippen LogP contribution in [-0.2, 0) is 4.79 Å². The number of hydrogen-bond donors (Lipinski definition) is 2. The van der Waals surface area contributed by atoms with Crippen molar-refractivity contribution in [3.63, 3.8) is 0 Å². The van der Waals surface area contributed by atoms with Gasteiger partial charge >= 0.3 is 6.03 Å². The fourth-order valence-electron chi connectivity index (χ4n) is 4.21. The summed E-state index contributed by atoms with van der Waals surface area (Å²) in [4.78, 5) is 25.7. The Morgan fingerprint density at radius 3 is 2.27 bits per heavy atom. The van der Waals surface area contributed by atoms with Crippen molar-refractivity contribution in [2.45, 2.75) is 6.42 Å². The van der Waals surface area contributed by atoms with E-state index in [0.29, 0.717) is 24.7 Å². The summed E-state index contributed by atoms with van der Waals surface area (Å²) in [6, 6.07) is 28.5. The molecular formula is C29H27N5O3. The summed E-state index contributed by atoms with van der Waals surface area (Å²) < 4.78 is 7.45. The summed E-state index contributed by atoms with van der Waals surface area (Å²) >= 11 is 0. The number of primary amides is 1. The molecule has 3 N–H and O–H groups in total. The topological polar surface area (TPSA) is 102 Å². The first-order chi connectivity index (χ1) is 18.1. The smallest absolute Gasteiger partial charge is 0.315 e. The van der Waals surface area contributed by atoms with Gasteiger partial charge in [-0.05, 0) is 41.8 Å². The summed E-state index contributed by atoms with van der Waals surface area (Å²) in [6.07, 6.45) is 2.75. The molecule has 5 rings (SSSR count). The highest BCUT2D eigenvalue weighted by Crippen LogP contribution is 2.26. The molecule has 0 radical (unpaired) electrons. The molecular weight excluding hydrogens is 466 g/mol. The molecule has 0 bridgehead atoms. The second kappa shape index (κ2) is 10.8. The number of carbonyl (C=O) groups excluding carboxylic acids is 2. The van der Waals surface area contributed by atoms with Crippen LogP contribution in [0.3, 0.4) is 0 Å². The molecule has 186 valence electrons. The van der Waals surface area contributed by atoms with Gasteiger partial charge in [0.05, 0.1) is 11.4 Å². The molecule has 1 aliphatic heterocycles. The normalized spacial score (nSPS) is 13.1. The van der Waals surface area contributed by atoms with Gasteiger partial charge in [0.1, 0.15) is 11.6 Å². The van der Waals surface area contributed by atoms with Gasteiger partial charge in [-0.15, -0.1) is 0 Å². The Balaban J connectivity index is 1.24. The van der Waals surface area contributed by atoms with Crippen molar-refractivity contribution in [2.24, 2.45) is 5.73 Å². The predicted octanol–water partition coefficient (Wildman–Crippen LogP) is 4.72. The summed E-state index contributed by atoms with van der Waals surface area (Å²) in [6.45, 7) is 0.968. The van der Waals surface area contributed by atoms with Gasteiger partial charge in [0.25, 0.3) is 5.91 Å². The number of amides is 3. The second-order valence-electron chi connectivity index (χ2n) is 8.65. The quantitative estimate of drug-likeness (QED) is 0.389. The zero-order valence-corrected chi connectivity index (χ0v) is 20.2. The molecule has 0 saturated heterocycles. The molecule has 0 spiro atoms. The van der Waals surface area contributed by atoms with Crippen molar-refractivity contribution >= 4 is 23.3 Å². The fraction of sp³-hybridized carbons (Fsp3) is 0.138. The van der Waals surface area contributed by atoms with Crippen molar-refractivity contribution in [1.82, 2.24) is 14.7 Å². The number of para-hydroxylation sites is 1. The van der Waals surface area contributed by atoms with Gasteiger partial charge in [-0.3, -0.25) is 4.79 Å². The SMILES string of the molecule is NC(=O)N1CC=C(c2ccc(OCC(=O)Nc3cc(-c4ccccc4)nn3-c3ccccc3)cc2)CC1. The Hall–Kier alpha value is -4.85. The molecule has 8 nitrogen and oxygen atoms in total. The zero-order chi connectivity index (χ0) is 25.6. The number of ether oxygens (including phenoxy) is 1. The van der Waals surface area contributed by atoms with Gasteiger partial charge in [0.15, 0.2) is 6.61 Å². The van der Waals surface area contributed by atoms with E-state index in [2.05, 4.69) is 5.32 Å². The molecule has 4 aromatic rings. The van der Waals surface area contributed by atoms with Gasteiger partial charge in [0.2, 0.25) is 0 Å². The van der Waals surface area contributed by atoms with Crippen LogP contribution >= 0.6 is 0 Å². The lowest BCUT2D eigenvalue weighted by atomic mass is 9.99. The third-order valence-corrected chi connectivity index (χ3v) is 6.16. The number of nitrogens with two attached hydrogens (primary N) is 1. The number of benzene rings is 3. The first kappa shape index (κ1) is 23.9. The lowest BCUT2D eigenvalue weighted by Gasteiger charge is -2.24. The highest BCUT2D eigenvalue weighted by molar-refractivity contribution is 5.92. The molecule has 1 aromatic heterocycles. The number of rotatable bonds is 7. The van der Waals surface area contributed by atoms with E-state index in [1.54, 1.807) is 9.58 Å². The maximum Gasteiger partial charge on any atom is 0.315 e.